The van der Waals surface area contributed by atoms with E-state index in [1.54, 1.807) is 59.5 Å². The predicted octanol–water partition coefficient (Wildman–Crippen LogP) is 3.43. The molecular formula is C26H23ClN4O5S. The third-order valence-electron chi connectivity index (χ3n) is 6.36. The molecule has 0 spiro atoms. The summed E-state index contributed by atoms with van der Waals surface area (Å²) in [6.07, 6.45) is 0.610. The lowest BCUT2D eigenvalue weighted by Crippen LogP contribution is -2.34. The molecule has 190 valence electrons. The van der Waals surface area contributed by atoms with Gasteiger partial charge in [0.1, 0.15) is 4.90 Å². The van der Waals surface area contributed by atoms with Crippen LogP contribution in [-0.2, 0) is 27.8 Å². The Hall–Kier alpha value is -3.89. The van der Waals surface area contributed by atoms with Gasteiger partial charge in [-0.15, -0.1) is 0 Å². The summed E-state index contributed by atoms with van der Waals surface area (Å²) in [5.41, 5.74) is 2.18. The van der Waals surface area contributed by atoms with Gasteiger partial charge in [-0.1, -0.05) is 29.8 Å². The zero-order chi connectivity index (χ0) is 26.3. The molecule has 4 aromatic rings. The minimum atomic E-state index is -3.89. The summed E-state index contributed by atoms with van der Waals surface area (Å²) in [7, 11) is -3.89. The number of carbonyl (C=O) groups is 1. The zero-order valence-corrected chi connectivity index (χ0v) is 21.4. The Balaban J connectivity index is 1.33. The molecule has 0 unspecified atom stereocenters. The van der Waals surface area contributed by atoms with Crippen molar-refractivity contribution in [2.24, 2.45) is 0 Å². The average Bonchev–Trinajstić information content (AvgIpc) is 3.26. The van der Waals surface area contributed by atoms with Gasteiger partial charge in [-0.05, 0) is 66.9 Å². The highest BCUT2D eigenvalue weighted by Gasteiger charge is 2.26. The maximum Gasteiger partial charge on any atom is 0.328 e. The van der Waals surface area contributed by atoms with E-state index in [-0.39, 0.29) is 28.8 Å². The molecule has 0 fully saturated rings. The smallest absolute Gasteiger partial charge is 0.312 e. The molecule has 9 nitrogen and oxygen atoms in total. The van der Waals surface area contributed by atoms with Crippen LogP contribution < -0.4 is 20.9 Å². The van der Waals surface area contributed by atoms with E-state index in [2.05, 4.69) is 9.71 Å². The molecule has 1 amide bonds. The van der Waals surface area contributed by atoms with Crippen LogP contribution in [0.3, 0.4) is 0 Å². The van der Waals surface area contributed by atoms with Gasteiger partial charge in [0.25, 0.3) is 15.6 Å². The normalized spacial score (nSPS) is 13.1. The molecule has 1 aromatic heterocycles. The topological polar surface area (TPSA) is 121 Å². The van der Waals surface area contributed by atoms with E-state index in [9.17, 15) is 22.8 Å². The Morgan fingerprint density at radius 2 is 1.86 bits per heavy atom. The molecule has 11 heteroatoms. The largest absolute Gasteiger partial charge is 0.328 e. The van der Waals surface area contributed by atoms with E-state index in [0.29, 0.717) is 35.2 Å². The molecular weight excluding hydrogens is 516 g/mol. The van der Waals surface area contributed by atoms with Crippen molar-refractivity contribution in [3.63, 3.8) is 0 Å². The summed E-state index contributed by atoms with van der Waals surface area (Å²) in [6.45, 7) is 2.37. The van der Waals surface area contributed by atoms with E-state index in [1.165, 1.54) is 10.6 Å². The van der Waals surface area contributed by atoms with Gasteiger partial charge in [-0.25, -0.2) is 13.2 Å². The first-order valence-electron chi connectivity index (χ1n) is 11.6. The number of aryl methyl sites for hydroxylation is 2. The second-order valence-corrected chi connectivity index (χ2v) is 10.9. The molecule has 1 aliphatic rings. The first-order chi connectivity index (χ1) is 17.6. The molecule has 0 radical (unpaired) electrons. The van der Waals surface area contributed by atoms with Crippen LogP contribution in [0.4, 0.5) is 11.4 Å². The lowest BCUT2D eigenvalue weighted by atomic mass is 10.1. The molecule has 2 heterocycles. The Labute approximate surface area is 217 Å². The van der Waals surface area contributed by atoms with Crippen molar-refractivity contribution >= 4 is 49.8 Å². The predicted molar refractivity (Wildman–Crippen MR) is 143 cm³/mol. The SMILES string of the molecule is Cc1ccc(S(=O)(=O)Nc2ccc3c(c2)CCN3C(=O)CCn2c(=O)[nH]c(=O)c3ccccc32)c(Cl)c1. The van der Waals surface area contributed by atoms with Crippen molar-refractivity contribution < 1.29 is 13.2 Å². The van der Waals surface area contributed by atoms with Crippen LogP contribution in [0.5, 0.6) is 0 Å². The maximum atomic E-state index is 13.1. The van der Waals surface area contributed by atoms with E-state index in [0.717, 1.165) is 11.1 Å². The van der Waals surface area contributed by atoms with Gasteiger partial charge < -0.3 is 4.90 Å². The number of carbonyl (C=O) groups excluding carboxylic acids is 1. The van der Waals surface area contributed by atoms with Gasteiger partial charge >= 0.3 is 5.69 Å². The molecule has 0 saturated heterocycles. The minimum absolute atomic E-state index is 0.0120. The Morgan fingerprint density at radius 3 is 2.65 bits per heavy atom. The summed E-state index contributed by atoms with van der Waals surface area (Å²) >= 11 is 6.15. The van der Waals surface area contributed by atoms with Crippen LogP contribution in [0.1, 0.15) is 17.5 Å². The Kier molecular flexibility index (Phi) is 6.38. The van der Waals surface area contributed by atoms with E-state index in [1.807, 2.05) is 6.92 Å². The van der Waals surface area contributed by atoms with Crippen molar-refractivity contribution in [3.8, 4) is 0 Å². The quantitative estimate of drug-likeness (QED) is 0.389. The van der Waals surface area contributed by atoms with Crippen molar-refractivity contribution in [2.75, 3.05) is 16.2 Å². The number of hydrogen-bond acceptors (Lipinski definition) is 5. The van der Waals surface area contributed by atoms with Crippen molar-refractivity contribution in [2.45, 2.75) is 31.2 Å². The molecule has 0 atom stereocenters. The number of amides is 1. The van der Waals surface area contributed by atoms with Gasteiger partial charge in [0.15, 0.2) is 0 Å². The lowest BCUT2D eigenvalue weighted by molar-refractivity contribution is -0.118. The number of nitrogens with zero attached hydrogens (tertiary/aromatic N) is 2. The van der Waals surface area contributed by atoms with Crippen LogP contribution in [0.25, 0.3) is 10.9 Å². The average molecular weight is 539 g/mol. The number of rotatable bonds is 6. The van der Waals surface area contributed by atoms with Crippen LogP contribution in [0, 0.1) is 6.92 Å². The van der Waals surface area contributed by atoms with Crippen LogP contribution in [0.15, 0.2) is 75.1 Å². The molecule has 3 aromatic carbocycles. The molecule has 0 bridgehead atoms. The lowest BCUT2D eigenvalue weighted by Gasteiger charge is -2.18. The first-order valence-corrected chi connectivity index (χ1v) is 13.4. The van der Waals surface area contributed by atoms with Gasteiger partial charge in [-0.3, -0.25) is 23.9 Å². The highest BCUT2D eigenvalue weighted by Crippen LogP contribution is 2.32. The number of nitrogens with one attached hydrogen (secondary N) is 2. The number of aromatic amines is 1. The van der Waals surface area contributed by atoms with E-state index < -0.39 is 21.3 Å². The number of anilines is 2. The number of aromatic nitrogens is 2. The second-order valence-electron chi connectivity index (χ2n) is 8.86. The highest BCUT2D eigenvalue weighted by molar-refractivity contribution is 7.92. The third-order valence-corrected chi connectivity index (χ3v) is 8.22. The Bertz CT molecular complexity index is 1780. The molecule has 0 saturated carbocycles. The molecule has 5 rings (SSSR count). The van der Waals surface area contributed by atoms with Gasteiger partial charge in [0, 0.05) is 30.9 Å². The fourth-order valence-electron chi connectivity index (χ4n) is 4.57. The second kappa shape index (κ2) is 9.53. The first kappa shape index (κ1) is 24.8. The molecule has 37 heavy (non-hydrogen) atoms. The number of benzene rings is 3. The van der Waals surface area contributed by atoms with Gasteiger partial charge in [0.05, 0.1) is 15.9 Å². The molecule has 2 N–H and O–H groups in total. The highest BCUT2D eigenvalue weighted by atomic mass is 35.5. The molecule has 1 aliphatic heterocycles. The number of fused-ring (bicyclic) bond motifs is 2. The van der Waals surface area contributed by atoms with E-state index in [4.69, 9.17) is 11.6 Å². The Morgan fingerprint density at radius 1 is 1.08 bits per heavy atom. The van der Waals surface area contributed by atoms with Crippen LogP contribution >= 0.6 is 11.6 Å². The van der Waals surface area contributed by atoms with Crippen molar-refractivity contribution in [3.05, 3.63) is 97.7 Å². The summed E-state index contributed by atoms with van der Waals surface area (Å²) in [5.74, 6) is -0.180. The fraction of sp³-hybridized carbons (Fsp3) is 0.192. The summed E-state index contributed by atoms with van der Waals surface area (Å²) in [6, 6.07) is 16.5. The number of sulfonamides is 1. The number of halogens is 1. The summed E-state index contributed by atoms with van der Waals surface area (Å²) in [4.78, 5) is 41.4. The number of H-pyrrole nitrogens is 1. The van der Waals surface area contributed by atoms with E-state index >= 15 is 0 Å². The minimum Gasteiger partial charge on any atom is -0.312 e. The van der Waals surface area contributed by atoms with Gasteiger partial charge in [0.2, 0.25) is 5.91 Å². The standard InChI is InChI=1S/C26H23ClN4O5S/c1-16-6-9-23(20(27)14-16)37(35,36)29-18-7-8-21-17(15-18)10-12-30(21)24(32)11-13-31-22-5-3-2-4-19(22)25(33)28-26(31)34/h2-9,14-15,29H,10-13H2,1H3,(H,28,33,34). The third kappa shape index (κ3) is 4.77. The maximum absolute atomic E-state index is 13.1. The monoisotopic (exact) mass is 538 g/mol. The van der Waals surface area contributed by atoms with Crippen LogP contribution in [-0.4, -0.2) is 30.4 Å². The van der Waals surface area contributed by atoms with Gasteiger partial charge in [-0.2, -0.15) is 0 Å². The molecule has 0 aliphatic carbocycles. The zero-order valence-electron chi connectivity index (χ0n) is 19.8. The number of hydrogen-bond donors (Lipinski definition) is 2. The number of para-hydroxylation sites is 1. The van der Waals surface area contributed by atoms with Crippen molar-refractivity contribution in [1.29, 1.82) is 0 Å². The van der Waals surface area contributed by atoms with Crippen LogP contribution in [0.2, 0.25) is 5.02 Å². The summed E-state index contributed by atoms with van der Waals surface area (Å²) < 4.78 is 29.7. The fourth-order valence-corrected chi connectivity index (χ4v) is 6.21. The summed E-state index contributed by atoms with van der Waals surface area (Å²) in [5, 5.41) is 0.516. The van der Waals surface area contributed by atoms with Crippen molar-refractivity contribution in [1.82, 2.24) is 9.55 Å².